The van der Waals surface area contributed by atoms with Gasteiger partial charge in [0, 0.05) is 28.3 Å². The number of hydrogen-bond donors (Lipinski definition) is 1. The molecule has 0 radical (unpaired) electrons. The number of ether oxygens (including phenoxy) is 1. The van der Waals surface area contributed by atoms with Crippen molar-refractivity contribution in [3.05, 3.63) is 11.4 Å². The molecule has 0 aliphatic heterocycles. The van der Waals surface area contributed by atoms with Gasteiger partial charge >= 0.3 is 0 Å². The number of carbonyl (C=O) groups is 2. The van der Waals surface area contributed by atoms with Gasteiger partial charge in [-0.2, -0.15) is 5.10 Å². The lowest BCUT2D eigenvalue weighted by molar-refractivity contribution is -0.119. The zero-order valence-electron chi connectivity index (χ0n) is 11.3. The third-order valence-electron chi connectivity index (χ3n) is 2.48. The topological polar surface area (TPSA) is 76.5 Å². The Balaban J connectivity index is 3.09. The van der Waals surface area contributed by atoms with Gasteiger partial charge in [-0.05, 0) is 6.92 Å². The molecule has 0 aromatic carbocycles. The van der Waals surface area contributed by atoms with E-state index in [0.717, 1.165) is 0 Å². The van der Waals surface area contributed by atoms with Gasteiger partial charge in [-0.15, -0.1) is 0 Å². The van der Waals surface area contributed by atoms with Crippen LogP contribution in [0.1, 0.15) is 16.2 Å². The maximum Gasteiger partial charge on any atom is 0.276 e. The Morgan fingerprint density at radius 1 is 1.44 bits per heavy atom. The number of rotatable bonds is 4. The highest BCUT2D eigenvalue weighted by atomic mass is 16.5. The first-order valence-electron chi connectivity index (χ1n) is 5.42. The first-order valence-corrected chi connectivity index (χ1v) is 5.42. The first-order chi connectivity index (χ1) is 8.38. The number of methoxy groups -OCH3 is 1. The molecule has 0 atom stereocenters. The summed E-state index contributed by atoms with van der Waals surface area (Å²) in [5.74, 6) is -0.576. The monoisotopic (exact) mass is 254 g/mol. The van der Waals surface area contributed by atoms with E-state index in [1.807, 2.05) is 0 Å². The molecular formula is C11H18N4O3. The summed E-state index contributed by atoms with van der Waals surface area (Å²) in [5.41, 5.74) is 1.37. The van der Waals surface area contributed by atoms with Crippen LogP contribution >= 0.6 is 0 Å². The molecule has 0 aliphatic carbocycles. The molecule has 1 rings (SSSR count). The molecule has 2 amide bonds. The first kappa shape index (κ1) is 14.2. The van der Waals surface area contributed by atoms with E-state index in [2.05, 4.69) is 10.4 Å². The predicted octanol–water partition coefficient (Wildman–Crippen LogP) is 0.0152. The summed E-state index contributed by atoms with van der Waals surface area (Å²) in [4.78, 5) is 24.9. The van der Waals surface area contributed by atoms with Crippen molar-refractivity contribution in [2.45, 2.75) is 6.92 Å². The van der Waals surface area contributed by atoms with Crippen LogP contribution in [0.4, 0.5) is 5.69 Å². The summed E-state index contributed by atoms with van der Waals surface area (Å²) in [5, 5.41) is 6.76. The Labute approximate surface area is 106 Å². The Kier molecular flexibility index (Phi) is 4.43. The average Bonchev–Trinajstić information content (AvgIpc) is 2.56. The van der Waals surface area contributed by atoms with Crippen LogP contribution in [0.3, 0.4) is 0 Å². The SMILES string of the molecule is COCC(=O)Nc1c(C(=O)N(C)C)nn(C)c1C. The zero-order chi connectivity index (χ0) is 13.9. The number of nitrogens with one attached hydrogen (secondary N) is 1. The smallest absolute Gasteiger partial charge is 0.276 e. The number of anilines is 1. The van der Waals surface area contributed by atoms with Gasteiger partial charge in [-0.1, -0.05) is 0 Å². The Bertz CT molecular complexity index is 465. The Morgan fingerprint density at radius 3 is 2.56 bits per heavy atom. The van der Waals surface area contributed by atoms with Crippen molar-refractivity contribution in [3.8, 4) is 0 Å². The second-order valence-corrected chi connectivity index (χ2v) is 4.11. The van der Waals surface area contributed by atoms with Crippen LogP contribution in [0.2, 0.25) is 0 Å². The van der Waals surface area contributed by atoms with Crippen LogP contribution in [0.15, 0.2) is 0 Å². The normalized spacial score (nSPS) is 10.3. The largest absolute Gasteiger partial charge is 0.375 e. The summed E-state index contributed by atoms with van der Waals surface area (Å²) in [7, 11) is 6.41. The van der Waals surface area contributed by atoms with Crippen molar-refractivity contribution < 1.29 is 14.3 Å². The predicted molar refractivity (Wildman–Crippen MR) is 66.5 cm³/mol. The minimum Gasteiger partial charge on any atom is -0.375 e. The molecule has 1 aromatic rings. The van der Waals surface area contributed by atoms with E-state index in [1.165, 1.54) is 12.0 Å². The fourth-order valence-corrected chi connectivity index (χ4v) is 1.43. The van der Waals surface area contributed by atoms with Crippen molar-refractivity contribution in [1.82, 2.24) is 14.7 Å². The Morgan fingerprint density at radius 2 is 2.06 bits per heavy atom. The molecule has 0 saturated heterocycles. The zero-order valence-corrected chi connectivity index (χ0v) is 11.3. The second-order valence-electron chi connectivity index (χ2n) is 4.11. The molecule has 1 aromatic heterocycles. The lowest BCUT2D eigenvalue weighted by Gasteiger charge is -2.10. The van der Waals surface area contributed by atoms with E-state index < -0.39 is 0 Å². The van der Waals surface area contributed by atoms with Gasteiger partial charge < -0.3 is 15.0 Å². The van der Waals surface area contributed by atoms with Gasteiger partial charge in [0.1, 0.15) is 6.61 Å². The number of hydrogen-bond acceptors (Lipinski definition) is 4. The quantitative estimate of drug-likeness (QED) is 0.821. The molecule has 0 bridgehead atoms. The van der Waals surface area contributed by atoms with Gasteiger partial charge in [-0.3, -0.25) is 14.3 Å². The van der Waals surface area contributed by atoms with E-state index >= 15 is 0 Å². The van der Waals surface area contributed by atoms with Crippen LogP contribution in [0.5, 0.6) is 0 Å². The molecule has 0 fully saturated rings. The van der Waals surface area contributed by atoms with Gasteiger partial charge in [0.2, 0.25) is 5.91 Å². The van der Waals surface area contributed by atoms with Crippen molar-refractivity contribution in [1.29, 1.82) is 0 Å². The molecule has 1 heterocycles. The van der Waals surface area contributed by atoms with Crippen molar-refractivity contribution in [2.24, 2.45) is 7.05 Å². The molecule has 7 heteroatoms. The standard InChI is InChI=1S/C11H18N4O3/c1-7-9(12-8(16)6-18-5)10(13-15(7)4)11(17)14(2)3/h6H2,1-5H3,(H,12,16). The summed E-state index contributed by atoms with van der Waals surface area (Å²) in [6.45, 7) is 1.71. The van der Waals surface area contributed by atoms with E-state index in [-0.39, 0.29) is 24.1 Å². The summed E-state index contributed by atoms with van der Waals surface area (Å²) >= 11 is 0. The van der Waals surface area contributed by atoms with Crippen molar-refractivity contribution >= 4 is 17.5 Å². The summed E-state index contributed by atoms with van der Waals surface area (Å²) in [6, 6.07) is 0. The average molecular weight is 254 g/mol. The highest BCUT2D eigenvalue weighted by Crippen LogP contribution is 2.20. The molecule has 1 N–H and O–H groups in total. The van der Waals surface area contributed by atoms with E-state index in [1.54, 1.807) is 32.7 Å². The fourth-order valence-electron chi connectivity index (χ4n) is 1.43. The number of nitrogens with zero attached hydrogens (tertiary/aromatic N) is 3. The number of aryl methyl sites for hydroxylation is 1. The third kappa shape index (κ3) is 2.86. The second kappa shape index (κ2) is 5.63. The van der Waals surface area contributed by atoms with Gasteiger partial charge in [0.15, 0.2) is 5.69 Å². The van der Waals surface area contributed by atoms with Crippen LogP contribution in [-0.2, 0) is 16.6 Å². The van der Waals surface area contributed by atoms with Crippen molar-refractivity contribution in [2.75, 3.05) is 33.1 Å². The minimum atomic E-state index is -0.318. The van der Waals surface area contributed by atoms with Crippen molar-refractivity contribution in [3.63, 3.8) is 0 Å². The van der Waals surface area contributed by atoms with E-state index in [4.69, 9.17) is 4.74 Å². The number of carbonyl (C=O) groups excluding carboxylic acids is 2. The molecule has 100 valence electrons. The highest BCUT2D eigenvalue weighted by Gasteiger charge is 2.22. The molecule has 0 aliphatic rings. The molecule has 0 saturated carbocycles. The number of amides is 2. The van der Waals surface area contributed by atoms with Crippen LogP contribution < -0.4 is 5.32 Å². The van der Waals surface area contributed by atoms with Crippen LogP contribution in [0, 0.1) is 6.92 Å². The van der Waals surface area contributed by atoms with Gasteiger partial charge in [-0.25, -0.2) is 0 Å². The fraction of sp³-hybridized carbons (Fsp3) is 0.545. The molecule has 0 unspecified atom stereocenters. The molecule has 18 heavy (non-hydrogen) atoms. The lowest BCUT2D eigenvalue weighted by atomic mass is 10.2. The molecule has 7 nitrogen and oxygen atoms in total. The third-order valence-corrected chi connectivity index (χ3v) is 2.48. The lowest BCUT2D eigenvalue weighted by Crippen LogP contribution is -2.25. The van der Waals surface area contributed by atoms with Crippen LogP contribution in [0.25, 0.3) is 0 Å². The van der Waals surface area contributed by atoms with Gasteiger partial charge in [0.05, 0.1) is 11.4 Å². The van der Waals surface area contributed by atoms with Gasteiger partial charge in [0.25, 0.3) is 5.91 Å². The highest BCUT2D eigenvalue weighted by molar-refractivity contribution is 6.03. The molecular weight excluding hydrogens is 236 g/mol. The maximum atomic E-state index is 11.9. The minimum absolute atomic E-state index is 0.0655. The van der Waals surface area contributed by atoms with E-state index in [0.29, 0.717) is 11.4 Å². The summed E-state index contributed by atoms with van der Waals surface area (Å²) in [6.07, 6.45) is 0. The number of aromatic nitrogens is 2. The van der Waals surface area contributed by atoms with E-state index in [9.17, 15) is 9.59 Å². The molecule has 0 spiro atoms. The van der Waals surface area contributed by atoms with Crippen LogP contribution in [-0.4, -0.2) is 54.3 Å². The Hall–Kier alpha value is -1.89. The maximum absolute atomic E-state index is 11.9. The summed E-state index contributed by atoms with van der Waals surface area (Å²) < 4.78 is 6.29.